The summed E-state index contributed by atoms with van der Waals surface area (Å²) in [4.78, 5) is 8.12. The summed E-state index contributed by atoms with van der Waals surface area (Å²) >= 11 is 0. The van der Waals surface area contributed by atoms with Crippen LogP contribution in [0.3, 0.4) is 0 Å². The van der Waals surface area contributed by atoms with E-state index in [9.17, 15) is 0 Å². The van der Waals surface area contributed by atoms with E-state index >= 15 is 0 Å². The molecule has 0 saturated heterocycles. The third-order valence-electron chi connectivity index (χ3n) is 2.43. The third-order valence-corrected chi connectivity index (χ3v) is 2.43. The van der Waals surface area contributed by atoms with Gasteiger partial charge in [0.25, 0.3) is 0 Å². The Hall–Kier alpha value is -2.42. The van der Waals surface area contributed by atoms with Gasteiger partial charge < -0.3 is 4.74 Å². The van der Waals surface area contributed by atoms with Crippen LogP contribution >= 0.6 is 0 Å². The van der Waals surface area contributed by atoms with Gasteiger partial charge in [-0.15, -0.1) is 0 Å². The van der Waals surface area contributed by atoms with Crippen LogP contribution in [0.25, 0.3) is 10.9 Å². The first kappa shape index (κ1) is 9.78. The van der Waals surface area contributed by atoms with E-state index in [1.54, 1.807) is 24.5 Å². The topological polar surface area (TPSA) is 35.0 Å². The molecule has 0 aliphatic heterocycles. The molecule has 81 valence electrons. The van der Waals surface area contributed by atoms with Crippen LogP contribution in [-0.2, 0) is 0 Å². The predicted molar refractivity (Wildman–Crippen MR) is 64.9 cm³/mol. The van der Waals surface area contributed by atoms with Crippen molar-refractivity contribution in [1.82, 2.24) is 9.97 Å². The fraction of sp³-hybridized carbons (Fsp3) is 0. The van der Waals surface area contributed by atoms with E-state index in [-0.39, 0.29) is 0 Å². The fourth-order valence-corrected chi connectivity index (χ4v) is 1.66. The van der Waals surface area contributed by atoms with Gasteiger partial charge in [-0.05, 0) is 30.3 Å². The number of pyridine rings is 2. The predicted octanol–water partition coefficient (Wildman–Crippen LogP) is 3.22. The first-order valence-corrected chi connectivity index (χ1v) is 5.27. The first-order valence-electron chi connectivity index (χ1n) is 5.27. The van der Waals surface area contributed by atoms with Crippen LogP contribution in [0.2, 0.25) is 0 Å². The van der Waals surface area contributed by atoms with Gasteiger partial charge in [-0.3, -0.25) is 9.97 Å². The number of hydrogen-bond acceptors (Lipinski definition) is 3. The summed E-state index contributed by atoms with van der Waals surface area (Å²) in [6.07, 6.45) is 6.16. The van der Waals surface area contributed by atoms with Gasteiger partial charge in [0.1, 0.15) is 11.5 Å². The Bertz CT molecular complexity index is 633. The standard InChI is InChI=1S/C14H9N2O/c1-4-13-12(3-2-8-16-13)14(5-1)17-11-6-9-15-10-7-11/h1-9H. The highest BCUT2D eigenvalue weighted by Gasteiger charge is 2.02. The highest BCUT2D eigenvalue weighted by atomic mass is 16.5. The molecule has 0 atom stereocenters. The van der Waals surface area contributed by atoms with Gasteiger partial charge in [0.15, 0.2) is 0 Å². The Kier molecular flexibility index (Phi) is 2.43. The summed E-state index contributed by atoms with van der Waals surface area (Å²) in [5.74, 6) is 1.51. The zero-order valence-electron chi connectivity index (χ0n) is 9.00. The molecule has 0 aliphatic rings. The summed E-state index contributed by atoms with van der Waals surface area (Å²) in [6.45, 7) is 0. The molecule has 3 nitrogen and oxygen atoms in total. The molecular formula is C14H9N2O. The Labute approximate surface area is 98.7 Å². The van der Waals surface area contributed by atoms with E-state index in [1.165, 1.54) is 0 Å². The molecule has 0 bridgehead atoms. The van der Waals surface area contributed by atoms with Crippen LogP contribution in [-0.4, -0.2) is 9.97 Å². The van der Waals surface area contributed by atoms with Gasteiger partial charge in [-0.1, -0.05) is 6.07 Å². The molecule has 2 aromatic heterocycles. The van der Waals surface area contributed by atoms with Crippen molar-refractivity contribution >= 4 is 10.9 Å². The van der Waals surface area contributed by atoms with E-state index in [0.29, 0.717) is 0 Å². The van der Waals surface area contributed by atoms with Gasteiger partial charge >= 0.3 is 0 Å². The van der Waals surface area contributed by atoms with Crippen LogP contribution in [0, 0.1) is 6.20 Å². The van der Waals surface area contributed by atoms with Crippen molar-refractivity contribution in [3.63, 3.8) is 0 Å². The summed E-state index contributed by atoms with van der Waals surface area (Å²) in [6, 6.07) is 13.2. The second-order valence-corrected chi connectivity index (χ2v) is 3.55. The van der Waals surface area contributed by atoms with Crippen molar-refractivity contribution in [2.45, 2.75) is 0 Å². The van der Waals surface area contributed by atoms with Crippen LogP contribution in [0.1, 0.15) is 0 Å². The van der Waals surface area contributed by atoms with Crippen molar-refractivity contribution in [3.8, 4) is 11.5 Å². The lowest BCUT2D eigenvalue weighted by Gasteiger charge is -2.07. The molecule has 0 saturated carbocycles. The van der Waals surface area contributed by atoms with Crippen LogP contribution < -0.4 is 4.74 Å². The summed E-state index contributed by atoms with van der Waals surface area (Å²) in [5.41, 5.74) is 0.919. The van der Waals surface area contributed by atoms with Gasteiger partial charge in [0.05, 0.1) is 11.7 Å². The zero-order valence-corrected chi connectivity index (χ0v) is 9.00. The smallest absolute Gasteiger partial charge is 0.136 e. The molecule has 1 radical (unpaired) electrons. The lowest BCUT2D eigenvalue weighted by molar-refractivity contribution is 0.487. The molecule has 3 aromatic rings. The highest BCUT2D eigenvalue weighted by molar-refractivity contribution is 5.85. The number of benzene rings is 1. The summed E-state index contributed by atoms with van der Waals surface area (Å²) < 4.78 is 5.78. The maximum absolute atomic E-state index is 5.78. The summed E-state index contributed by atoms with van der Waals surface area (Å²) in [7, 11) is 0. The quantitative estimate of drug-likeness (QED) is 0.666. The number of aromatic nitrogens is 2. The molecule has 2 heterocycles. The first-order chi connectivity index (χ1) is 8.43. The second kappa shape index (κ2) is 4.22. The van der Waals surface area contributed by atoms with Crippen molar-refractivity contribution in [2.75, 3.05) is 0 Å². The monoisotopic (exact) mass is 221 g/mol. The molecule has 0 fully saturated rings. The van der Waals surface area contributed by atoms with Crippen LogP contribution in [0.4, 0.5) is 0 Å². The van der Waals surface area contributed by atoms with E-state index in [1.807, 2.05) is 30.3 Å². The molecule has 17 heavy (non-hydrogen) atoms. The van der Waals surface area contributed by atoms with Gasteiger partial charge in [-0.25, -0.2) is 0 Å². The van der Waals surface area contributed by atoms with E-state index in [2.05, 4.69) is 16.2 Å². The molecule has 3 rings (SSSR count). The number of ether oxygens (including phenoxy) is 1. The van der Waals surface area contributed by atoms with Crippen molar-refractivity contribution in [1.29, 1.82) is 0 Å². The van der Waals surface area contributed by atoms with E-state index in [0.717, 1.165) is 22.4 Å². The van der Waals surface area contributed by atoms with E-state index < -0.39 is 0 Å². The number of fused-ring (bicyclic) bond motifs is 1. The number of hydrogen-bond donors (Lipinski definition) is 0. The molecule has 1 aromatic carbocycles. The van der Waals surface area contributed by atoms with Crippen LogP contribution in [0.5, 0.6) is 11.5 Å². The minimum Gasteiger partial charge on any atom is -0.457 e. The minimum absolute atomic E-state index is 0.719. The zero-order chi connectivity index (χ0) is 11.5. The molecular weight excluding hydrogens is 212 g/mol. The van der Waals surface area contributed by atoms with Crippen molar-refractivity contribution in [2.24, 2.45) is 0 Å². The molecule has 0 aliphatic carbocycles. The lowest BCUT2D eigenvalue weighted by Crippen LogP contribution is -1.87. The van der Waals surface area contributed by atoms with Gasteiger partial charge in [-0.2, -0.15) is 0 Å². The molecule has 0 spiro atoms. The Morgan fingerprint density at radius 2 is 2.00 bits per heavy atom. The van der Waals surface area contributed by atoms with Crippen LogP contribution in [0.15, 0.2) is 54.9 Å². The normalized spacial score (nSPS) is 10.4. The average molecular weight is 221 g/mol. The van der Waals surface area contributed by atoms with E-state index in [4.69, 9.17) is 4.74 Å². The Morgan fingerprint density at radius 1 is 1.00 bits per heavy atom. The lowest BCUT2D eigenvalue weighted by atomic mass is 10.2. The summed E-state index contributed by atoms with van der Waals surface area (Å²) in [5, 5.41) is 0.992. The Morgan fingerprint density at radius 3 is 2.88 bits per heavy atom. The minimum atomic E-state index is 0.719. The SMILES string of the molecule is [c]1cc(Oc2cccc3ncccc23)ccn1. The van der Waals surface area contributed by atoms with Gasteiger partial charge in [0, 0.05) is 23.8 Å². The maximum atomic E-state index is 5.78. The van der Waals surface area contributed by atoms with Crippen molar-refractivity contribution < 1.29 is 4.74 Å². The highest BCUT2D eigenvalue weighted by Crippen LogP contribution is 2.28. The average Bonchev–Trinajstić information content (AvgIpc) is 2.40. The Balaban J connectivity index is 2.06. The second-order valence-electron chi connectivity index (χ2n) is 3.55. The maximum Gasteiger partial charge on any atom is 0.136 e. The largest absolute Gasteiger partial charge is 0.457 e. The molecule has 0 unspecified atom stereocenters. The number of nitrogens with zero attached hydrogens (tertiary/aromatic N) is 2. The van der Waals surface area contributed by atoms with Crippen molar-refractivity contribution in [3.05, 3.63) is 61.1 Å². The fourth-order valence-electron chi connectivity index (χ4n) is 1.66. The number of rotatable bonds is 2. The third kappa shape index (κ3) is 1.95. The van der Waals surface area contributed by atoms with Gasteiger partial charge in [0.2, 0.25) is 0 Å². The molecule has 0 amide bonds. The molecule has 3 heteroatoms. The molecule has 0 N–H and O–H groups in total.